The van der Waals surface area contributed by atoms with Gasteiger partial charge in [-0.3, -0.25) is 0 Å². The van der Waals surface area contributed by atoms with Crippen molar-refractivity contribution in [1.29, 1.82) is 0 Å². The highest BCUT2D eigenvalue weighted by Gasteiger charge is 2.24. The molecule has 0 spiro atoms. The highest BCUT2D eigenvalue weighted by Crippen LogP contribution is 2.33. The minimum Gasteiger partial charge on any atom is -0.397 e. The van der Waals surface area contributed by atoms with E-state index in [2.05, 4.69) is 11.8 Å². The molecule has 0 radical (unpaired) electrons. The number of anilines is 2. The maximum Gasteiger partial charge on any atom is 0.138 e. The van der Waals surface area contributed by atoms with Gasteiger partial charge in [0.2, 0.25) is 0 Å². The Morgan fingerprint density at radius 3 is 2.78 bits per heavy atom. The Morgan fingerprint density at radius 2 is 2.11 bits per heavy atom. The fourth-order valence-electron chi connectivity index (χ4n) is 2.81. The molecule has 2 rings (SSSR count). The molecule has 18 heavy (non-hydrogen) atoms. The van der Waals surface area contributed by atoms with Crippen LogP contribution in [0.5, 0.6) is 0 Å². The van der Waals surface area contributed by atoms with E-state index in [0.717, 1.165) is 11.6 Å². The zero-order chi connectivity index (χ0) is 13.3. The molecule has 1 aromatic carbocycles. The second-order valence-corrected chi connectivity index (χ2v) is 6.52. The molecule has 4 heteroatoms. The summed E-state index contributed by atoms with van der Waals surface area (Å²) in [7, 11) is 2.03. The van der Waals surface area contributed by atoms with Crippen molar-refractivity contribution in [2.75, 3.05) is 17.7 Å². The smallest absolute Gasteiger partial charge is 0.138 e. The van der Waals surface area contributed by atoms with Gasteiger partial charge in [-0.1, -0.05) is 19.8 Å². The van der Waals surface area contributed by atoms with E-state index in [9.17, 15) is 4.39 Å². The molecule has 0 aliphatic heterocycles. The van der Waals surface area contributed by atoms with Crippen molar-refractivity contribution in [3.63, 3.8) is 0 Å². The van der Waals surface area contributed by atoms with E-state index >= 15 is 0 Å². The monoisotopic (exact) mass is 362 g/mol. The predicted octanol–water partition coefficient (Wildman–Crippen LogP) is 4.03. The van der Waals surface area contributed by atoms with Crippen LogP contribution in [0.4, 0.5) is 15.8 Å². The Hall–Kier alpha value is -0.520. The van der Waals surface area contributed by atoms with E-state index in [-0.39, 0.29) is 5.82 Å². The lowest BCUT2D eigenvalue weighted by Crippen LogP contribution is -2.36. The number of benzene rings is 1. The maximum absolute atomic E-state index is 13.7. The quantitative estimate of drug-likeness (QED) is 0.636. The van der Waals surface area contributed by atoms with Crippen molar-refractivity contribution >= 4 is 34.0 Å². The van der Waals surface area contributed by atoms with E-state index in [1.54, 1.807) is 12.1 Å². The normalized spacial score (nSPS) is 24.0. The average molecular weight is 362 g/mol. The lowest BCUT2D eigenvalue weighted by atomic mass is 9.86. The summed E-state index contributed by atoms with van der Waals surface area (Å²) in [6.45, 7) is 2.29. The summed E-state index contributed by atoms with van der Waals surface area (Å²) in [5, 5.41) is 0. The SMILES string of the molecule is CC1CCCC(N(C)c2cc(F)c(I)cc2N)C1. The molecule has 0 bridgehead atoms. The Bertz CT molecular complexity index is 436. The number of hydrogen-bond donors (Lipinski definition) is 1. The van der Waals surface area contributed by atoms with Gasteiger partial charge in [-0.2, -0.15) is 0 Å². The fourth-order valence-corrected chi connectivity index (χ4v) is 3.30. The molecule has 0 aromatic heterocycles. The lowest BCUT2D eigenvalue weighted by molar-refractivity contribution is 0.336. The second-order valence-electron chi connectivity index (χ2n) is 5.36. The van der Waals surface area contributed by atoms with Crippen molar-refractivity contribution in [2.24, 2.45) is 5.92 Å². The van der Waals surface area contributed by atoms with Gasteiger partial charge in [0, 0.05) is 19.2 Å². The van der Waals surface area contributed by atoms with Crippen LogP contribution in [-0.2, 0) is 0 Å². The van der Waals surface area contributed by atoms with E-state index in [4.69, 9.17) is 5.73 Å². The molecule has 0 heterocycles. The minimum atomic E-state index is -0.185. The third-order valence-corrected chi connectivity index (χ3v) is 4.73. The molecule has 2 unspecified atom stereocenters. The lowest BCUT2D eigenvalue weighted by Gasteiger charge is -2.36. The molecule has 100 valence electrons. The van der Waals surface area contributed by atoms with Crippen LogP contribution < -0.4 is 10.6 Å². The fraction of sp³-hybridized carbons (Fsp3) is 0.571. The van der Waals surface area contributed by atoms with Crippen LogP contribution in [0.3, 0.4) is 0 Å². The summed E-state index contributed by atoms with van der Waals surface area (Å²) < 4.78 is 14.3. The zero-order valence-electron chi connectivity index (χ0n) is 10.9. The van der Waals surface area contributed by atoms with Crippen LogP contribution in [0.2, 0.25) is 0 Å². The summed E-state index contributed by atoms with van der Waals surface area (Å²) in [5.41, 5.74) is 7.51. The molecule has 2 N–H and O–H groups in total. The van der Waals surface area contributed by atoms with E-state index in [1.807, 2.05) is 29.6 Å². The van der Waals surface area contributed by atoms with E-state index in [0.29, 0.717) is 15.3 Å². The molecule has 2 nitrogen and oxygen atoms in total. The summed E-state index contributed by atoms with van der Waals surface area (Å²) in [6.07, 6.45) is 4.90. The van der Waals surface area contributed by atoms with Gasteiger partial charge in [-0.05, 0) is 47.4 Å². The molecule has 2 atom stereocenters. The van der Waals surface area contributed by atoms with Gasteiger partial charge in [0.15, 0.2) is 0 Å². The number of hydrogen-bond acceptors (Lipinski definition) is 2. The molecular weight excluding hydrogens is 342 g/mol. The van der Waals surface area contributed by atoms with Crippen LogP contribution >= 0.6 is 22.6 Å². The van der Waals surface area contributed by atoms with Crippen molar-refractivity contribution in [1.82, 2.24) is 0 Å². The molecular formula is C14H20FIN2. The summed E-state index contributed by atoms with van der Waals surface area (Å²) in [4.78, 5) is 2.16. The number of rotatable bonds is 2. The topological polar surface area (TPSA) is 29.3 Å². The van der Waals surface area contributed by atoms with Gasteiger partial charge in [0.05, 0.1) is 14.9 Å². The first kappa shape index (κ1) is 13.9. The van der Waals surface area contributed by atoms with Gasteiger partial charge < -0.3 is 10.6 Å². The van der Waals surface area contributed by atoms with E-state index < -0.39 is 0 Å². The molecule has 0 saturated heterocycles. The highest BCUT2D eigenvalue weighted by molar-refractivity contribution is 14.1. The third kappa shape index (κ3) is 2.90. The number of nitrogens with zero attached hydrogens (tertiary/aromatic N) is 1. The van der Waals surface area contributed by atoms with Gasteiger partial charge in [-0.25, -0.2) is 4.39 Å². The Morgan fingerprint density at radius 1 is 1.39 bits per heavy atom. The van der Waals surface area contributed by atoms with Crippen molar-refractivity contribution in [2.45, 2.75) is 38.6 Å². The number of nitrogens with two attached hydrogens (primary N) is 1. The molecule has 0 amide bonds. The van der Waals surface area contributed by atoms with Crippen LogP contribution in [0, 0.1) is 15.3 Å². The zero-order valence-corrected chi connectivity index (χ0v) is 13.1. The molecule has 1 saturated carbocycles. The van der Waals surface area contributed by atoms with Crippen molar-refractivity contribution in [3.8, 4) is 0 Å². The maximum atomic E-state index is 13.7. The predicted molar refractivity (Wildman–Crippen MR) is 83.4 cm³/mol. The Kier molecular flexibility index (Phi) is 4.35. The molecule has 1 aliphatic rings. The third-order valence-electron chi connectivity index (χ3n) is 3.91. The van der Waals surface area contributed by atoms with Crippen molar-refractivity contribution in [3.05, 3.63) is 21.5 Å². The van der Waals surface area contributed by atoms with Crippen LogP contribution in [0.25, 0.3) is 0 Å². The Labute approximate surface area is 122 Å². The standard InChI is InChI=1S/C14H20FIN2/c1-9-4-3-5-10(6-9)18(2)14-7-11(15)12(16)8-13(14)17/h7-10H,3-6,17H2,1-2H3. The number of halogens is 2. The molecule has 1 fully saturated rings. The van der Waals surface area contributed by atoms with Crippen LogP contribution in [0.1, 0.15) is 32.6 Å². The second kappa shape index (κ2) is 5.63. The molecule has 1 aliphatic carbocycles. The van der Waals surface area contributed by atoms with Gasteiger partial charge in [0.25, 0.3) is 0 Å². The van der Waals surface area contributed by atoms with Gasteiger partial charge in [0.1, 0.15) is 5.82 Å². The first-order valence-corrected chi connectivity index (χ1v) is 7.54. The average Bonchev–Trinajstić information content (AvgIpc) is 2.33. The van der Waals surface area contributed by atoms with E-state index in [1.165, 1.54) is 25.7 Å². The summed E-state index contributed by atoms with van der Waals surface area (Å²) >= 11 is 1.97. The van der Waals surface area contributed by atoms with Crippen molar-refractivity contribution < 1.29 is 4.39 Å². The summed E-state index contributed by atoms with van der Waals surface area (Å²) in [5.74, 6) is 0.566. The summed E-state index contributed by atoms with van der Waals surface area (Å²) in [6, 6.07) is 3.76. The van der Waals surface area contributed by atoms with Crippen LogP contribution in [0.15, 0.2) is 12.1 Å². The number of nitrogen functional groups attached to an aromatic ring is 1. The highest BCUT2D eigenvalue weighted by atomic mass is 127. The Balaban J connectivity index is 2.22. The van der Waals surface area contributed by atoms with Gasteiger partial charge >= 0.3 is 0 Å². The minimum absolute atomic E-state index is 0.185. The molecule has 1 aromatic rings. The first-order valence-electron chi connectivity index (χ1n) is 6.46. The van der Waals surface area contributed by atoms with Crippen LogP contribution in [-0.4, -0.2) is 13.1 Å². The first-order chi connectivity index (χ1) is 8.49. The van der Waals surface area contributed by atoms with Gasteiger partial charge in [-0.15, -0.1) is 0 Å². The largest absolute Gasteiger partial charge is 0.397 e.